The predicted octanol–water partition coefficient (Wildman–Crippen LogP) is 0.937. The number of carbonyl (C=O) groups excluding carboxylic acids is 1. The highest BCUT2D eigenvalue weighted by molar-refractivity contribution is 7.99. The minimum atomic E-state index is -0.872. The molecule has 0 aliphatic rings. The second-order valence-corrected chi connectivity index (χ2v) is 6.17. The van der Waals surface area contributed by atoms with Gasteiger partial charge < -0.3 is 9.30 Å². The monoisotopic (exact) mass is 378 g/mol. The highest BCUT2D eigenvalue weighted by Gasteiger charge is 2.31. The van der Waals surface area contributed by atoms with Gasteiger partial charge in [-0.1, -0.05) is 0 Å². The normalized spacial score (nSPS) is 10.9. The van der Waals surface area contributed by atoms with E-state index in [1.165, 1.54) is 0 Å². The molecule has 12 nitrogen and oxygen atoms in total. The van der Waals surface area contributed by atoms with Crippen molar-refractivity contribution >= 4 is 23.4 Å². The molecule has 0 saturated carbocycles. The van der Waals surface area contributed by atoms with Crippen LogP contribution >= 0.6 is 11.8 Å². The Labute approximate surface area is 150 Å². The topological polar surface area (TPSA) is 147 Å². The summed E-state index contributed by atoms with van der Waals surface area (Å²) < 4.78 is 7.91. The van der Waals surface area contributed by atoms with E-state index in [9.17, 15) is 14.9 Å². The number of hydrogen-bond acceptors (Lipinski definition) is 9. The van der Waals surface area contributed by atoms with Crippen molar-refractivity contribution in [1.82, 2.24) is 34.7 Å². The van der Waals surface area contributed by atoms with Gasteiger partial charge in [-0.05, 0) is 24.8 Å². The van der Waals surface area contributed by atoms with Gasteiger partial charge in [0.25, 0.3) is 0 Å². The third-order valence-corrected chi connectivity index (χ3v) is 4.49. The van der Waals surface area contributed by atoms with Crippen LogP contribution in [0, 0.1) is 17.0 Å². The summed E-state index contributed by atoms with van der Waals surface area (Å²) in [6.45, 7) is 2.28. The predicted molar refractivity (Wildman–Crippen MR) is 87.8 cm³/mol. The summed E-state index contributed by atoms with van der Waals surface area (Å²) in [4.78, 5) is 22.3. The van der Waals surface area contributed by atoms with Gasteiger partial charge in [-0.2, -0.15) is 10.2 Å². The van der Waals surface area contributed by atoms with Gasteiger partial charge in [0.2, 0.25) is 10.7 Å². The number of ether oxygens (including phenoxy) is 1. The molecule has 0 bridgehead atoms. The number of carbonyl (C=O) groups is 1. The number of aromatic nitrogens is 7. The molecule has 0 aromatic carbocycles. The quantitative estimate of drug-likeness (QED) is 0.376. The van der Waals surface area contributed by atoms with Gasteiger partial charge in [-0.3, -0.25) is 19.9 Å². The summed E-state index contributed by atoms with van der Waals surface area (Å²) in [6, 6.07) is 1.87. The van der Waals surface area contributed by atoms with Crippen molar-refractivity contribution in [2.24, 2.45) is 7.05 Å². The number of nitrogens with zero attached hydrogens (tertiary/aromatic N) is 7. The lowest BCUT2D eigenvalue weighted by Crippen LogP contribution is -2.07. The molecular weight excluding hydrogens is 364 g/mol. The first kappa shape index (κ1) is 17.6. The zero-order valence-electron chi connectivity index (χ0n) is 14.0. The van der Waals surface area contributed by atoms with E-state index in [0.717, 1.165) is 24.6 Å². The van der Waals surface area contributed by atoms with Crippen molar-refractivity contribution < 1.29 is 14.5 Å². The van der Waals surface area contributed by atoms with Crippen molar-refractivity contribution in [1.29, 1.82) is 0 Å². The summed E-state index contributed by atoms with van der Waals surface area (Å²) in [5.41, 5.74) is 0.0905. The smallest absolute Gasteiger partial charge is 0.363 e. The van der Waals surface area contributed by atoms with E-state index in [1.807, 2.05) is 19.2 Å². The Balaban J connectivity index is 1.87. The summed E-state index contributed by atoms with van der Waals surface area (Å²) >= 11 is 0.922. The number of esters is 1. The Kier molecular flexibility index (Phi) is 4.71. The van der Waals surface area contributed by atoms with Crippen molar-refractivity contribution in [3.8, 4) is 0 Å². The molecule has 26 heavy (non-hydrogen) atoms. The Bertz CT molecular complexity index is 975. The highest BCUT2D eigenvalue weighted by Crippen LogP contribution is 2.34. The maximum Gasteiger partial charge on any atom is 0.363 e. The molecule has 0 fully saturated rings. The van der Waals surface area contributed by atoms with E-state index in [4.69, 9.17) is 0 Å². The number of hydrogen-bond donors (Lipinski definition) is 1. The number of H-pyrrole nitrogens is 1. The molecule has 0 unspecified atom stereocenters. The maximum absolute atomic E-state index is 11.6. The van der Waals surface area contributed by atoms with Crippen molar-refractivity contribution in [2.75, 3.05) is 7.11 Å². The molecular formula is C13H14N8O4S. The molecule has 13 heteroatoms. The lowest BCUT2D eigenvalue weighted by molar-refractivity contribution is -0.388. The van der Waals surface area contributed by atoms with Crippen LogP contribution in [0.15, 0.2) is 22.4 Å². The largest absolute Gasteiger partial charge is 0.464 e. The van der Waals surface area contributed by atoms with Crippen molar-refractivity contribution in [2.45, 2.75) is 23.7 Å². The van der Waals surface area contributed by atoms with Gasteiger partial charge >= 0.3 is 11.7 Å². The van der Waals surface area contributed by atoms with Crippen LogP contribution in [0.3, 0.4) is 0 Å². The molecule has 3 heterocycles. The maximum atomic E-state index is 11.6. The summed E-state index contributed by atoms with van der Waals surface area (Å²) in [7, 11) is 2.86. The zero-order valence-corrected chi connectivity index (χ0v) is 14.9. The lowest BCUT2D eigenvalue weighted by atomic mass is 10.4. The third-order valence-electron chi connectivity index (χ3n) is 3.47. The molecule has 1 N–H and O–H groups in total. The summed E-state index contributed by atoms with van der Waals surface area (Å²) in [5, 5.41) is 30.3. The minimum absolute atomic E-state index is 0.00705. The van der Waals surface area contributed by atoms with Crippen LogP contribution in [0.5, 0.6) is 0 Å². The van der Waals surface area contributed by atoms with E-state index in [2.05, 4.69) is 30.2 Å². The first-order chi connectivity index (χ1) is 12.4. The second-order valence-electron chi connectivity index (χ2n) is 5.22. The zero-order chi connectivity index (χ0) is 18.8. The first-order valence-electron chi connectivity index (χ1n) is 7.28. The number of aromatic amines is 1. The minimum Gasteiger partial charge on any atom is -0.464 e. The molecule has 0 aliphatic heterocycles. The molecule has 3 rings (SSSR count). The summed E-state index contributed by atoms with van der Waals surface area (Å²) in [6.07, 6.45) is 1.82. The third kappa shape index (κ3) is 3.28. The van der Waals surface area contributed by atoms with E-state index in [-0.39, 0.29) is 10.7 Å². The van der Waals surface area contributed by atoms with Gasteiger partial charge in [0.05, 0.1) is 17.7 Å². The SMILES string of the molecule is COC(=O)c1[nH]nc(Sc2nnc(Cn3ccc(C)n3)n2C)c1[N+](=O)[O-]. The fourth-order valence-electron chi connectivity index (χ4n) is 2.16. The van der Waals surface area contributed by atoms with E-state index < -0.39 is 16.6 Å². The van der Waals surface area contributed by atoms with Crippen LogP contribution in [0.25, 0.3) is 0 Å². The van der Waals surface area contributed by atoms with Gasteiger partial charge in [0.1, 0.15) is 6.54 Å². The molecule has 0 spiro atoms. The summed E-state index contributed by atoms with van der Waals surface area (Å²) in [5.74, 6) is -0.259. The molecule has 0 radical (unpaired) electrons. The van der Waals surface area contributed by atoms with E-state index >= 15 is 0 Å². The van der Waals surface area contributed by atoms with Crippen molar-refractivity contribution in [3.63, 3.8) is 0 Å². The number of methoxy groups -OCH3 is 1. The van der Waals surface area contributed by atoms with Gasteiger partial charge in [-0.25, -0.2) is 4.79 Å². The number of rotatable bonds is 6. The Morgan fingerprint density at radius 1 is 1.46 bits per heavy atom. The van der Waals surface area contributed by atoms with Gasteiger partial charge in [0, 0.05) is 13.2 Å². The van der Waals surface area contributed by atoms with E-state index in [0.29, 0.717) is 17.5 Å². The van der Waals surface area contributed by atoms with Crippen LogP contribution in [-0.4, -0.2) is 52.7 Å². The lowest BCUT2D eigenvalue weighted by Gasteiger charge is -2.03. The molecule has 0 amide bonds. The molecule has 3 aromatic rings. The van der Waals surface area contributed by atoms with Gasteiger partial charge in [-0.15, -0.1) is 10.2 Å². The van der Waals surface area contributed by atoms with Crippen LogP contribution in [-0.2, 0) is 18.3 Å². The molecule has 0 aliphatic carbocycles. The fourth-order valence-corrected chi connectivity index (χ4v) is 3.02. The van der Waals surface area contributed by atoms with E-state index in [1.54, 1.807) is 16.3 Å². The number of nitro groups is 1. The van der Waals surface area contributed by atoms with Crippen molar-refractivity contribution in [3.05, 3.63) is 39.6 Å². The molecule has 3 aromatic heterocycles. The fraction of sp³-hybridized carbons (Fsp3) is 0.308. The van der Waals surface area contributed by atoms with Crippen LogP contribution in [0.4, 0.5) is 5.69 Å². The van der Waals surface area contributed by atoms with Crippen LogP contribution in [0.1, 0.15) is 22.0 Å². The Morgan fingerprint density at radius 3 is 2.85 bits per heavy atom. The number of nitrogens with one attached hydrogen (secondary N) is 1. The number of aryl methyl sites for hydroxylation is 1. The first-order valence-corrected chi connectivity index (χ1v) is 8.09. The molecule has 0 saturated heterocycles. The Hall–Kier alpha value is -3.22. The Morgan fingerprint density at radius 2 is 2.23 bits per heavy atom. The average molecular weight is 378 g/mol. The van der Waals surface area contributed by atoms with Gasteiger partial charge in [0.15, 0.2) is 11.0 Å². The second kappa shape index (κ2) is 6.95. The average Bonchev–Trinajstić information content (AvgIpc) is 3.29. The highest BCUT2D eigenvalue weighted by atomic mass is 32.2. The molecule has 0 atom stereocenters. The van der Waals surface area contributed by atoms with Crippen LogP contribution < -0.4 is 0 Å². The standard InChI is InChI=1S/C13H14N8O4S/c1-7-4-5-20(18-7)6-8-14-17-13(19(8)2)26-11-10(21(23)24)9(15-16-11)12(22)25-3/h4-5H,6H2,1-3H3,(H,15,16). The van der Waals surface area contributed by atoms with Crippen LogP contribution in [0.2, 0.25) is 0 Å². The molecule has 136 valence electrons.